The van der Waals surface area contributed by atoms with Gasteiger partial charge in [0.05, 0.1) is 0 Å². The highest BCUT2D eigenvalue weighted by molar-refractivity contribution is 7.17. The lowest BCUT2D eigenvalue weighted by Gasteiger charge is -2.24. The van der Waals surface area contributed by atoms with Crippen molar-refractivity contribution in [1.82, 2.24) is 4.90 Å². The quantitative estimate of drug-likeness (QED) is 0.905. The highest BCUT2D eigenvalue weighted by atomic mass is 32.1. The number of hydrogen-bond acceptors (Lipinski definition) is 3. The summed E-state index contributed by atoms with van der Waals surface area (Å²) in [5, 5.41) is 6.59. The molecule has 1 aromatic carbocycles. The topological polar surface area (TPSA) is 32.3 Å². The minimum atomic E-state index is -0.198. The maximum absolute atomic E-state index is 12.2. The predicted octanol–water partition coefficient (Wildman–Crippen LogP) is 3.57. The molecule has 1 aromatic heterocycles. The number of likely N-dealkylation sites (N-methyl/N-ethyl adjacent to an activating group) is 1. The number of hydrogen-bond donors (Lipinski definition) is 1. The molecule has 1 unspecified atom stereocenters. The van der Waals surface area contributed by atoms with Gasteiger partial charge < -0.3 is 10.2 Å². The van der Waals surface area contributed by atoms with Crippen molar-refractivity contribution in [3.63, 3.8) is 0 Å². The van der Waals surface area contributed by atoms with Gasteiger partial charge in [0.2, 0.25) is 5.91 Å². The van der Waals surface area contributed by atoms with Crippen LogP contribution in [0.15, 0.2) is 29.6 Å². The van der Waals surface area contributed by atoms with Crippen LogP contribution in [0.5, 0.6) is 0 Å². The van der Waals surface area contributed by atoms with Crippen molar-refractivity contribution in [2.24, 2.45) is 0 Å². The summed E-state index contributed by atoms with van der Waals surface area (Å²) in [5.74, 6) is 0.149. The molecule has 0 aliphatic rings. The lowest BCUT2D eigenvalue weighted by Crippen LogP contribution is -2.41. The van der Waals surface area contributed by atoms with E-state index in [-0.39, 0.29) is 11.9 Å². The molecule has 4 heteroatoms. The number of carbonyl (C=O) groups is 1. The van der Waals surface area contributed by atoms with Crippen molar-refractivity contribution < 1.29 is 4.79 Å². The number of benzene rings is 1. The van der Waals surface area contributed by atoms with Gasteiger partial charge in [-0.2, -0.15) is 0 Å². The van der Waals surface area contributed by atoms with Gasteiger partial charge in [-0.05, 0) is 55.8 Å². The zero-order valence-electron chi connectivity index (χ0n) is 11.6. The Kier molecular flexibility index (Phi) is 4.43. The Bertz CT molecular complexity index is 560. The summed E-state index contributed by atoms with van der Waals surface area (Å²) in [6.45, 7) is 7.44. The second-order valence-electron chi connectivity index (χ2n) is 4.55. The molecule has 0 spiro atoms. The average Bonchev–Trinajstić information content (AvgIpc) is 2.87. The van der Waals surface area contributed by atoms with Crippen molar-refractivity contribution in [3.05, 3.63) is 29.6 Å². The number of nitrogens with zero attached hydrogens (tertiary/aromatic N) is 1. The van der Waals surface area contributed by atoms with E-state index in [1.165, 1.54) is 10.1 Å². The summed E-state index contributed by atoms with van der Waals surface area (Å²) in [5.41, 5.74) is 0.999. The molecule has 102 valence electrons. The fraction of sp³-hybridized carbons (Fsp3) is 0.400. The van der Waals surface area contributed by atoms with Gasteiger partial charge in [-0.15, -0.1) is 11.3 Å². The molecule has 2 rings (SSSR count). The lowest BCUT2D eigenvalue weighted by molar-refractivity contribution is -0.131. The molecule has 0 aliphatic heterocycles. The molecule has 0 fully saturated rings. The second-order valence-corrected chi connectivity index (χ2v) is 5.50. The van der Waals surface area contributed by atoms with E-state index < -0.39 is 0 Å². The Balaban J connectivity index is 2.09. The van der Waals surface area contributed by atoms with Gasteiger partial charge in [-0.3, -0.25) is 4.79 Å². The third-order valence-corrected chi connectivity index (χ3v) is 4.18. The average molecular weight is 276 g/mol. The maximum Gasteiger partial charge on any atom is 0.244 e. The zero-order valence-corrected chi connectivity index (χ0v) is 12.5. The predicted molar refractivity (Wildman–Crippen MR) is 82.8 cm³/mol. The van der Waals surface area contributed by atoms with E-state index >= 15 is 0 Å². The van der Waals surface area contributed by atoms with Gasteiger partial charge in [-0.1, -0.05) is 0 Å². The van der Waals surface area contributed by atoms with E-state index in [2.05, 4.69) is 28.9 Å². The zero-order chi connectivity index (χ0) is 13.8. The van der Waals surface area contributed by atoms with Gasteiger partial charge in [0, 0.05) is 23.5 Å². The number of nitrogens with one attached hydrogen (secondary N) is 1. The Labute approximate surface area is 118 Å². The SMILES string of the molecule is CCN(CC)C(=O)C(C)Nc1ccc2sccc2c1. The van der Waals surface area contributed by atoms with Crippen LogP contribution in [-0.2, 0) is 4.79 Å². The number of carbonyl (C=O) groups excluding carboxylic acids is 1. The third-order valence-electron chi connectivity index (χ3n) is 3.28. The highest BCUT2D eigenvalue weighted by Crippen LogP contribution is 2.24. The number of anilines is 1. The van der Waals surface area contributed by atoms with Crippen LogP contribution in [0.3, 0.4) is 0 Å². The van der Waals surface area contributed by atoms with E-state index in [1.54, 1.807) is 11.3 Å². The Morgan fingerprint density at radius 1 is 1.32 bits per heavy atom. The number of rotatable bonds is 5. The first-order valence-corrected chi connectivity index (χ1v) is 7.56. The van der Waals surface area contributed by atoms with E-state index in [4.69, 9.17) is 0 Å². The first-order chi connectivity index (χ1) is 9.15. The molecule has 0 saturated heterocycles. The van der Waals surface area contributed by atoms with Gasteiger partial charge in [0.15, 0.2) is 0 Å². The van der Waals surface area contributed by atoms with Crippen molar-refractivity contribution >= 4 is 33.0 Å². The van der Waals surface area contributed by atoms with Gasteiger partial charge >= 0.3 is 0 Å². The molecule has 3 nitrogen and oxygen atoms in total. The molecular weight excluding hydrogens is 256 g/mol. The van der Waals surface area contributed by atoms with Crippen molar-refractivity contribution in [1.29, 1.82) is 0 Å². The normalized spacial score (nSPS) is 12.4. The van der Waals surface area contributed by atoms with Crippen LogP contribution in [0.2, 0.25) is 0 Å². The molecule has 19 heavy (non-hydrogen) atoms. The molecule has 2 aromatic rings. The number of fused-ring (bicyclic) bond motifs is 1. The second kappa shape index (κ2) is 6.06. The van der Waals surface area contributed by atoms with Gasteiger partial charge in [0.1, 0.15) is 6.04 Å². The largest absolute Gasteiger partial charge is 0.374 e. The van der Waals surface area contributed by atoms with E-state index in [1.807, 2.05) is 31.7 Å². The van der Waals surface area contributed by atoms with Crippen LogP contribution in [0.1, 0.15) is 20.8 Å². The smallest absolute Gasteiger partial charge is 0.244 e. The molecule has 1 amide bonds. The fourth-order valence-corrected chi connectivity index (χ4v) is 2.95. The van der Waals surface area contributed by atoms with Crippen LogP contribution < -0.4 is 5.32 Å². The van der Waals surface area contributed by atoms with Gasteiger partial charge in [0.25, 0.3) is 0 Å². The summed E-state index contributed by atoms with van der Waals surface area (Å²) in [6.07, 6.45) is 0. The van der Waals surface area contributed by atoms with E-state index in [0.717, 1.165) is 18.8 Å². The first-order valence-electron chi connectivity index (χ1n) is 6.68. The number of amides is 1. The molecule has 1 heterocycles. The minimum Gasteiger partial charge on any atom is -0.374 e. The molecule has 0 aliphatic carbocycles. The Morgan fingerprint density at radius 3 is 2.74 bits per heavy atom. The van der Waals surface area contributed by atoms with Crippen molar-refractivity contribution in [2.75, 3.05) is 18.4 Å². The van der Waals surface area contributed by atoms with E-state index in [9.17, 15) is 4.79 Å². The fourth-order valence-electron chi connectivity index (χ4n) is 2.18. The van der Waals surface area contributed by atoms with Crippen LogP contribution >= 0.6 is 11.3 Å². The summed E-state index contributed by atoms with van der Waals surface area (Å²) in [7, 11) is 0. The van der Waals surface area contributed by atoms with Crippen LogP contribution in [-0.4, -0.2) is 29.9 Å². The summed E-state index contributed by atoms with van der Waals surface area (Å²) in [4.78, 5) is 14.0. The Hall–Kier alpha value is -1.55. The summed E-state index contributed by atoms with van der Waals surface area (Å²) < 4.78 is 1.27. The lowest BCUT2D eigenvalue weighted by atomic mass is 10.2. The van der Waals surface area contributed by atoms with Crippen molar-refractivity contribution in [3.8, 4) is 0 Å². The summed E-state index contributed by atoms with van der Waals surface area (Å²) >= 11 is 1.73. The molecule has 0 radical (unpaired) electrons. The van der Waals surface area contributed by atoms with E-state index in [0.29, 0.717) is 0 Å². The van der Waals surface area contributed by atoms with Crippen LogP contribution in [0, 0.1) is 0 Å². The molecule has 0 bridgehead atoms. The molecule has 1 N–H and O–H groups in total. The van der Waals surface area contributed by atoms with Gasteiger partial charge in [-0.25, -0.2) is 0 Å². The standard InChI is InChI=1S/C15H20N2OS/c1-4-17(5-2)15(18)11(3)16-13-6-7-14-12(10-13)8-9-19-14/h6-11,16H,4-5H2,1-3H3. The number of thiophene rings is 1. The highest BCUT2D eigenvalue weighted by Gasteiger charge is 2.17. The monoisotopic (exact) mass is 276 g/mol. The summed E-state index contributed by atoms with van der Waals surface area (Å²) in [6, 6.07) is 8.12. The maximum atomic E-state index is 12.2. The minimum absolute atomic E-state index is 0.149. The van der Waals surface area contributed by atoms with Crippen LogP contribution in [0.4, 0.5) is 5.69 Å². The third kappa shape index (κ3) is 3.07. The molecular formula is C15H20N2OS. The van der Waals surface area contributed by atoms with Crippen molar-refractivity contribution in [2.45, 2.75) is 26.8 Å². The van der Waals surface area contributed by atoms with Crippen LogP contribution in [0.25, 0.3) is 10.1 Å². The first kappa shape index (κ1) is 13.9. The molecule has 1 atom stereocenters. The molecule has 0 saturated carbocycles. The Morgan fingerprint density at radius 2 is 2.05 bits per heavy atom.